The average Bonchev–Trinajstić information content (AvgIpc) is 3.00. The lowest BCUT2D eigenvalue weighted by Crippen LogP contribution is -2.45. The van der Waals surface area contributed by atoms with Crippen LogP contribution >= 0.6 is 0 Å². The van der Waals surface area contributed by atoms with Crippen LogP contribution in [-0.4, -0.2) is 48.6 Å². The van der Waals surface area contributed by atoms with E-state index in [1.807, 2.05) is 0 Å². The minimum atomic E-state index is 0.262. The molecule has 2 aliphatic heterocycles. The molecule has 3 fully saturated rings. The standard InChI is InChI=1S/C14H25N3O/c18-14(16-11-4-2-1-3-5-11)6-7-17-10-12-8-13(17)9-15-12/h11-13,15H,1-10H2,(H,16,18)/t12-,13+/m0/s1. The number of amides is 1. The van der Waals surface area contributed by atoms with Gasteiger partial charge >= 0.3 is 0 Å². The maximum Gasteiger partial charge on any atom is 0.221 e. The van der Waals surface area contributed by atoms with Crippen LogP contribution in [0.25, 0.3) is 0 Å². The van der Waals surface area contributed by atoms with Gasteiger partial charge in [-0.15, -0.1) is 0 Å². The normalized spacial score (nSPS) is 32.9. The van der Waals surface area contributed by atoms with Gasteiger partial charge in [0.25, 0.3) is 0 Å². The summed E-state index contributed by atoms with van der Waals surface area (Å²) < 4.78 is 0. The van der Waals surface area contributed by atoms with E-state index in [9.17, 15) is 4.79 Å². The second-order valence-electron chi connectivity index (χ2n) is 6.14. The molecule has 18 heavy (non-hydrogen) atoms. The fraction of sp³-hybridized carbons (Fsp3) is 0.929. The van der Waals surface area contributed by atoms with Crippen molar-refractivity contribution in [1.82, 2.24) is 15.5 Å². The van der Waals surface area contributed by atoms with Crippen molar-refractivity contribution in [2.24, 2.45) is 0 Å². The van der Waals surface area contributed by atoms with Crippen molar-refractivity contribution < 1.29 is 4.79 Å². The lowest BCUT2D eigenvalue weighted by Gasteiger charge is -2.27. The smallest absolute Gasteiger partial charge is 0.221 e. The van der Waals surface area contributed by atoms with Crippen LogP contribution in [0.15, 0.2) is 0 Å². The summed E-state index contributed by atoms with van der Waals surface area (Å²) >= 11 is 0. The molecule has 2 bridgehead atoms. The fourth-order valence-electron chi connectivity index (χ4n) is 3.71. The third-order valence-electron chi connectivity index (χ3n) is 4.77. The zero-order valence-corrected chi connectivity index (χ0v) is 11.2. The van der Waals surface area contributed by atoms with E-state index < -0.39 is 0 Å². The minimum Gasteiger partial charge on any atom is -0.353 e. The molecule has 0 aromatic rings. The number of carbonyl (C=O) groups excluding carboxylic acids is 1. The summed E-state index contributed by atoms with van der Waals surface area (Å²) in [6.45, 7) is 3.21. The summed E-state index contributed by atoms with van der Waals surface area (Å²) in [6.07, 6.45) is 8.24. The van der Waals surface area contributed by atoms with Crippen molar-refractivity contribution in [2.45, 2.75) is 63.1 Å². The van der Waals surface area contributed by atoms with Crippen molar-refractivity contribution in [3.63, 3.8) is 0 Å². The highest BCUT2D eigenvalue weighted by Gasteiger charge is 2.37. The molecule has 1 saturated carbocycles. The van der Waals surface area contributed by atoms with E-state index in [0.717, 1.165) is 19.6 Å². The summed E-state index contributed by atoms with van der Waals surface area (Å²) in [5, 5.41) is 6.70. The molecule has 0 radical (unpaired) electrons. The van der Waals surface area contributed by atoms with Gasteiger partial charge in [-0.3, -0.25) is 9.69 Å². The molecule has 0 spiro atoms. The van der Waals surface area contributed by atoms with E-state index in [4.69, 9.17) is 0 Å². The van der Waals surface area contributed by atoms with Crippen LogP contribution in [0.5, 0.6) is 0 Å². The Bertz CT molecular complexity index is 301. The lowest BCUT2D eigenvalue weighted by atomic mass is 9.95. The van der Waals surface area contributed by atoms with Gasteiger partial charge in [0.1, 0.15) is 0 Å². The molecule has 0 aromatic heterocycles. The first-order chi connectivity index (χ1) is 8.81. The molecule has 3 rings (SSSR count). The van der Waals surface area contributed by atoms with Crippen LogP contribution in [-0.2, 0) is 4.79 Å². The van der Waals surface area contributed by atoms with Gasteiger partial charge in [-0.2, -0.15) is 0 Å². The molecule has 2 atom stereocenters. The van der Waals surface area contributed by atoms with Gasteiger partial charge < -0.3 is 10.6 Å². The molecule has 2 heterocycles. The Labute approximate surface area is 109 Å². The van der Waals surface area contributed by atoms with Crippen LogP contribution in [0.1, 0.15) is 44.9 Å². The van der Waals surface area contributed by atoms with E-state index in [0.29, 0.717) is 24.5 Å². The van der Waals surface area contributed by atoms with Crippen LogP contribution in [0.3, 0.4) is 0 Å². The Morgan fingerprint density at radius 1 is 1.28 bits per heavy atom. The van der Waals surface area contributed by atoms with E-state index in [2.05, 4.69) is 15.5 Å². The zero-order valence-electron chi connectivity index (χ0n) is 11.2. The maximum absolute atomic E-state index is 11.9. The van der Waals surface area contributed by atoms with Crippen LogP contribution in [0.4, 0.5) is 0 Å². The van der Waals surface area contributed by atoms with Crippen LogP contribution < -0.4 is 10.6 Å². The summed E-state index contributed by atoms with van der Waals surface area (Å²) in [6, 6.07) is 1.84. The van der Waals surface area contributed by atoms with E-state index in [-0.39, 0.29) is 5.91 Å². The summed E-state index contributed by atoms with van der Waals surface area (Å²) in [5.41, 5.74) is 0. The third-order valence-corrected chi connectivity index (χ3v) is 4.77. The monoisotopic (exact) mass is 251 g/mol. The number of hydrogen-bond acceptors (Lipinski definition) is 3. The first kappa shape index (κ1) is 12.4. The van der Waals surface area contributed by atoms with Crippen molar-refractivity contribution in [1.29, 1.82) is 0 Å². The molecule has 4 heteroatoms. The summed E-state index contributed by atoms with van der Waals surface area (Å²) in [4.78, 5) is 14.4. The SMILES string of the molecule is O=C(CCN1C[C@@H]2C[C@@H]1CN2)NC1CCCCC1. The predicted molar refractivity (Wildman–Crippen MR) is 71.4 cm³/mol. The molecule has 2 saturated heterocycles. The number of nitrogens with one attached hydrogen (secondary N) is 2. The van der Waals surface area contributed by atoms with Crippen molar-refractivity contribution >= 4 is 5.91 Å². The summed E-state index contributed by atoms with van der Waals surface area (Å²) in [7, 11) is 0. The van der Waals surface area contributed by atoms with Gasteiger partial charge in [0.15, 0.2) is 0 Å². The molecule has 1 aliphatic carbocycles. The topological polar surface area (TPSA) is 44.4 Å². The molecule has 0 aromatic carbocycles. The van der Waals surface area contributed by atoms with Crippen LogP contribution in [0.2, 0.25) is 0 Å². The van der Waals surface area contributed by atoms with Gasteiger partial charge in [0, 0.05) is 44.2 Å². The van der Waals surface area contributed by atoms with Gasteiger partial charge in [0.2, 0.25) is 5.91 Å². The Balaban J connectivity index is 1.36. The first-order valence-electron chi connectivity index (χ1n) is 7.58. The number of rotatable bonds is 4. The maximum atomic E-state index is 11.9. The highest BCUT2D eigenvalue weighted by molar-refractivity contribution is 5.76. The minimum absolute atomic E-state index is 0.262. The number of piperazine rings is 1. The van der Waals surface area contributed by atoms with Crippen LogP contribution in [0, 0.1) is 0 Å². The van der Waals surface area contributed by atoms with E-state index >= 15 is 0 Å². The van der Waals surface area contributed by atoms with Crippen molar-refractivity contribution in [2.75, 3.05) is 19.6 Å². The number of nitrogens with zero attached hydrogens (tertiary/aromatic N) is 1. The lowest BCUT2D eigenvalue weighted by molar-refractivity contribution is -0.122. The molecule has 102 valence electrons. The largest absolute Gasteiger partial charge is 0.353 e. The molecule has 0 unspecified atom stereocenters. The number of hydrogen-bond donors (Lipinski definition) is 2. The Hall–Kier alpha value is -0.610. The Morgan fingerprint density at radius 2 is 2.11 bits per heavy atom. The van der Waals surface area contributed by atoms with E-state index in [1.165, 1.54) is 38.5 Å². The second-order valence-corrected chi connectivity index (χ2v) is 6.14. The van der Waals surface area contributed by atoms with Gasteiger partial charge in [-0.1, -0.05) is 19.3 Å². The highest BCUT2D eigenvalue weighted by Crippen LogP contribution is 2.23. The second kappa shape index (κ2) is 5.57. The molecule has 3 aliphatic rings. The van der Waals surface area contributed by atoms with Gasteiger partial charge in [-0.05, 0) is 19.3 Å². The van der Waals surface area contributed by atoms with Crippen molar-refractivity contribution in [3.05, 3.63) is 0 Å². The third kappa shape index (κ3) is 2.86. The number of carbonyl (C=O) groups is 1. The molecule has 1 amide bonds. The average molecular weight is 251 g/mol. The van der Waals surface area contributed by atoms with Crippen molar-refractivity contribution in [3.8, 4) is 0 Å². The molecule has 2 N–H and O–H groups in total. The van der Waals surface area contributed by atoms with Gasteiger partial charge in [0.05, 0.1) is 0 Å². The summed E-state index contributed by atoms with van der Waals surface area (Å²) in [5.74, 6) is 0.262. The fourth-order valence-corrected chi connectivity index (χ4v) is 3.71. The zero-order chi connectivity index (χ0) is 12.4. The highest BCUT2D eigenvalue weighted by atomic mass is 16.1. The molecular weight excluding hydrogens is 226 g/mol. The number of likely N-dealkylation sites (tertiary alicyclic amines) is 1. The van der Waals surface area contributed by atoms with E-state index in [1.54, 1.807) is 0 Å². The predicted octanol–water partition coefficient (Wildman–Crippen LogP) is 0.872. The first-order valence-corrected chi connectivity index (χ1v) is 7.58. The molecule has 4 nitrogen and oxygen atoms in total. The Morgan fingerprint density at radius 3 is 2.78 bits per heavy atom. The molecular formula is C14H25N3O. The van der Waals surface area contributed by atoms with Gasteiger partial charge in [-0.25, -0.2) is 0 Å². The number of fused-ring (bicyclic) bond motifs is 2. The Kier molecular flexibility index (Phi) is 3.85. The quantitative estimate of drug-likeness (QED) is 0.779.